The highest BCUT2D eigenvalue weighted by atomic mass is 19.1. The van der Waals surface area contributed by atoms with E-state index in [9.17, 15) is 28.3 Å². The zero-order valence-corrected chi connectivity index (χ0v) is 17.6. The van der Waals surface area contributed by atoms with Crippen molar-refractivity contribution in [2.45, 2.75) is 57.2 Å². The van der Waals surface area contributed by atoms with Crippen LogP contribution in [0.2, 0.25) is 0 Å². The van der Waals surface area contributed by atoms with Crippen molar-refractivity contribution in [3.8, 4) is 5.75 Å². The molecule has 2 aromatic rings. The Kier molecular flexibility index (Phi) is 4.61. The minimum absolute atomic E-state index is 0.0911. The van der Waals surface area contributed by atoms with Crippen molar-refractivity contribution in [2.24, 2.45) is 0 Å². The molecule has 2 aliphatic heterocycles. The number of aryl methyl sites for hydroxylation is 1. The van der Waals surface area contributed by atoms with Gasteiger partial charge >= 0.3 is 0 Å². The quantitative estimate of drug-likeness (QED) is 0.763. The van der Waals surface area contributed by atoms with Crippen molar-refractivity contribution >= 4 is 11.8 Å². The third-order valence-electron chi connectivity index (χ3n) is 6.98. The smallest absolute Gasteiger partial charge is 0.275 e. The molecule has 1 saturated heterocycles. The first kappa shape index (κ1) is 20.7. The van der Waals surface area contributed by atoms with Gasteiger partial charge in [0.2, 0.25) is 5.43 Å². The molecule has 1 aromatic heterocycles. The van der Waals surface area contributed by atoms with Crippen molar-refractivity contribution in [1.29, 1.82) is 0 Å². The highest BCUT2D eigenvalue weighted by molar-refractivity contribution is 5.99. The zero-order chi connectivity index (χ0) is 22.8. The summed E-state index contributed by atoms with van der Waals surface area (Å²) in [6, 6.07) is 2.15. The maximum absolute atomic E-state index is 14.1. The number of rotatable bonds is 3. The van der Waals surface area contributed by atoms with Gasteiger partial charge in [-0.2, -0.15) is 0 Å². The van der Waals surface area contributed by atoms with Crippen LogP contribution >= 0.6 is 0 Å². The van der Waals surface area contributed by atoms with Gasteiger partial charge in [-0.3, -0.25) is 14.4 Å². The predicted octanol–water partition coefficient (Wildman–Crippen LogP) is 2.78. The topological polar surface area (TPSA) is 91.6 Å². The first-order valence-electron chi connectivity index (χ1n) is 10.7. The Hall–Kier alpha value is -3.23. The van der Waals surface area contributed by atoms with E-state index in [0.29, 0.717) is 12.1 Å². The maximum atomic E-state index is 14.1. The number of carbonyl (C=O) groups excluding carboxylic acids is 2. The van der Waals surface area contributed by atoms with Gasteiger partial charge in [-0.25, -0.2) is 8.78 Å². The number of aromatic nitrogens is 1. The summed E-state index contributed by atoms with van der Waals surface area (Å²) < 4.78 is 29.7. The van der Waals surface area contributed by atoms with E-state index in [0.717, 1.165) is 44.2 Å². The summed E-state index contributed by atoms with van der Waals surface area (Å²) in [5.41, 5.74) is -1.52. The SMILES string of the molecule is Cc1cc(F)c(CNC(=O)c2cn3c(c(O)c2=O)C(=O)N2C[C@@H]3CCCC23CC3)c(F)c1. The second kappa shape index (κ2) is 7.15. The molecule has 0 unspecified atom stereocenters. The number of carbonyl (C=O) groups is 2. The van der Waals surface area contributed by atoms with E-state index in [2.05, 4.69) is 5.32 Å². The van der Waals surface area contributed by atoms with Crippen LogP contribution in [0, 0.1) is 18.6 Å². The standard InChI is InChI=1S/C23H23F2N3O4/c1-12-7-16(24)14(17(25)8-12)9-26-21(31)15-11-27-13-3-2-4-23(5-6-23)28(10-13)22(32)18(27)20(30)19(15)29/h7-8,11,13,30H,2-6,9-10H2,1H3,(H,26,31)/t13-/m0/s1. The Bertz CT molecular complexity index is 1200. The highest BCUT2D eigenvalue weighted by Crippen LogP contribution is 2.51. The molecule has 1 atom stereocenters. The van der Waals surface area contributed by atoms with Crippen molar-refractivity contribution in [3.05, 3.63) is 62.6 Å². The first-order chi connectivity index (χ1) is 15.2. The van der Waals surface area contributed by atoms with Gasteiger partial charge in [0.15, 0.2) is 11.4 Å². The Morgan fingerprint density at radius 3 is 2.56 bits per heavy atom. The van der Waals surface area contributed by atoms with Gasteiger partial charge in [-0.15, -0.1) is 0 Å². The molecule has 1 aliphatic carbocycles. The van der Waals surface area contributed by atoms with Crippen LogP contribution in [0.5, 0.6) is 5.75 Å². The monoisotopic (exact) mass is 443 g/mol. The third-order valence-corrected chi connectivity index (χ3v) is 6.98. The van der Waals surface area contributed by atoms with Crippen molar-refractivity contribution in [2.75, 3.05) is 6.54 Å². The van der Waals surface area contributed by atoms with Crippen LogP contribution in [0.25, 0.3) is 0 Å². The lowest BCUT2D eigenvalue weighted by Crippen LogP contribution is -2.49. The normalized spacial score (nSPS) is 20.7. The summed E-state index contributed by atoms with van der Waals surface area (Å²) >= 11 is 0. The lowest BCUT2D eigenvalue weighted by molar-refractivity contribution is 0.0556. The minimum Gasteiger partial charge on any atom is -0.503 e. The van der Waals surface area contributed by atoms with Crippen LogP contribution in [-0.4, -0.2) is 38.5 Å². The van der Waals surface area contributed by atoms with E-state index in [1.807, 2.05) is 0 Å². The molecule has 1 spiro atoms. The zero-order valence-electron chi connectivity index (χ0n) is 17.6. The molecule has 3 aliphatic rings. The van der Waals surface area contributed by atoms with Crippen molar-refractivity contribution < 1.29 is 23.5 Å². The lowest BCUT2D eigenvalue weighted by atomic mass is 10.1. The van der Waals surface area contributed by atoms with Crippen LogP contribution < -0.4 is 10.7 Å². The molecule has 2 N–H and O–H groups in total. The van der Waals surface area contributed by atoms with Crippen LogP contribution in [0.1, 0.15) is 70.1 Å². The fourth-order valence-corrected chi connectivity index (χ4v) is 5.06. The van der Waals surface area contributed by atoms with E-state index >= 15 is 0 Å². The van der Waals surface area contributed by atoms with E-state index < -0.39 is 41.2 Å². The van der Waals surface area contributed by atoms with Gasteiger partial charge in [0.25, 0.3) is 11.8 Å². The number of hydrogen-bond donors (Lipinski definition) is 2. The van der Waals surface area contributed by atoms with Crippen molar-refractivity contribution in [1.82, 2.24) is 14.8 Å². The van der Waals surface area contributed by atoms with E-state index in [-0.39, 0.29) is 28.4 Å². The number of benzene rings is 1. The molecule has 168 valence electrons. The lowest BCUT2D eigenvalue weighted by Gasteiger charge is -2.38. The second-order valence-electron chi connectivity index (χ2n) is 9.05. The van der Waals surface area contributed by atoms with E-state index in [4.69, 9.17) is 0 Å². The summed E-state index contributed by atoms with van der Waals surface area (Å²) in [5.74, 6) is -3.63. The molecular weight excluding hydrogens is 420 g/mol. The fraction of sp³-hybridized carbons (Fsp3) is 0.435. The summed E-state index contributed by atoms with van der Waals surface area (Å²) in [6.07, 6.45) is 5.66. The third kappa shape index (κ3) is 3.10. The average molecular weight is 443 g/mol. The number of hydrogen-bond acceptors (Lipinski definition) is 4. The molecule has 0 radical (unpaired) electrons. The molecular formula is C23H23F2N3O4. The summed E-state index contributed by atoms with van der Waals surface area (Å²) in [7, 11) is 0. The average Bonchev–Trinajstić information content (AvgIpc) is 3.53. The number of halogens is 2. The summed E-state index contributed by atoms with van der Waals surface area (Å²) in [5, 5.41) is 13.0. The maximum Gasteiger partial charge on any atom is 0.275 e. The van der Waals surface area contributed by atoms with Gasteiger partial charge in [0, 0.05) is 30.4 Å². The van der Waals surface area contributed by atoms with Gasteiger partial charge in [0.05, 0.1) is 6.04 Å². The van der Waals surface area contributed by atoms with Crippen LogP contribution in [0.3, 0.4) is 0 Å². The number of nitrogens with one attached hydrogen (secondary N) is 1. The molecule has 2 bridgehead atoms. The number of aromatic hydroxyl groups is 1. The van der Waals surface area contributed by atoms with E-state index in [1.54, 1.807) is 11.8 Å². The van der Waals surface area contributed by atoms with Gasteiger partial charge in [-0.1, -0.05) is 0 Å². The van der Waals surface area contributed by atoms with Crippen LogP contribution in [0.4, 0.5) is 8.78 Å². The molecule has 1 saturated carbocycles. The number of nitrogens with zero attached hydrogens (tertiary/aromatic N) is 2. The molecule has 1 aromatic carbocycles. The molecule has 7 nitrogen and oxygen atoms in total. The Morgan fingerprint density at radius 2 is 1.91 bits per heavy atom. The Labute approximate surface area is 182 Å². The molecule has 9 heteroatoms. The number of pyridine rings is 1. The van der Waals surface area contributed by atoms with E-state index in [1.165, 1.54) is 10.8 Å². The molecule has 2 amide bonds. The second-order valence-corrected chi connectivity index (χ2v) is 9.05. The molecule has 5 rings (SSSR count). The predicted molar refractivity (Wildman–Crippen MR) is 111 cm³/mol. The fourth-order valence-electron chi connectivity index (χ4n) is 5.06. The number of fused-ring (bicyclic) bond motifs is 5. The van der Waals surface area contributed by atoms with Gasteiger partial charge in [-0.05, 0) is 56.7 Å². The molecule has 2 fully saturated rings. The molecule has 3 heterocycles. The largest absolute Gasteiger partial charge is 0.503 e. The summed E-state index contributed by atoms with van der Waals surface area (Å²) in [6.45, 7) is 1.55. The first-order valence-corrected chi connectivity index (χ1v) is 10.7. The minimum atomic E-state index is -0.975. The van der Waals surface area contributed by atoms with Crippen LogP contribution in [-0.2, 0) is 6.54 Å². The highest BCUT2D eigenvalue weighted by Gasteiger charge is 2.54. The van der Waals surface area contributed by atoms with Gasteiger partial charge in [0.1, 0.15) is 17.2 Å². The van der Waals surface area contributed by atoms with Crippen molar-refractivity contribution in [3.63, 3.8) is 0 Å². The number of amides is 2. The molecule has 32 heavy (non-hydrogen) atoms. The Morgan fingerprint density at radius 1 is 1.22 bits per heavy atom. The van der Waals surface area contributed by atoms with Crippen LogP contribution in [0.15, 0.2) is 23.1 Å². The summed E-state index contributed by atoms with van der Waals surface area (Å²) in [4.78, 5) is 40.4. The van der Waals surface area contributed by atoms with Gasteiger partial charge < -0.3 is 19.9 Å². The Balaban J connectivity index is 1.48.